The fraction of sp³-hybridized carbons (Fsp3) is 0.370. The molecular formula is C27H33N5O2S. The molecule has 8 heteroatoms. The summed E-state index contributed by atoms with van der Waals surface area (Å²) in [6.07, 6.45) is 6.66. The highest BCUT2D eigenvalue weighted by molar-refractivity contribution is 7.22. The van der Waals surface area contributed by atoms with Crippen molar-refractivity contribution in [1.29, 1.82) is 0 Å². The summed E-state index contributed by atoms with van der Waals surface area (Å²) in [5.74, 6) is -0.296. The van der Waals surface area contributed by atoms with Crippen LogP contribution in [0.15, 0.2) is 61.2 Å². The molecule has 0 aliphatic rings. The van der Waals surface area contributed by atoms with Gasteiger partial charge in [0.1, 0.15) is 0 Å². The summed E-state index contributed by atoms with van der Waals surface area (Å²) in [5, 5.41) is 4.30. The number of benzene rings is 2. The normalized spacial score (nSPS) is 13.3. The van der Waals surface area contributed by atoms with Crippen molar-refractivity contribution in [3.05, 3.63) is 77.9 Å². The molecule has 2 aromatic carbocycles. The summed E-state index contributed by atoms with van der Waals surface area (Å²) in [6, 6.07) is 14.5. The summed E-state index contributed by atoms with van der Waals surface area (Å²) in [6.45, 7) is 6.54. The molecule has 1 N–H and O–H groups in total. The maximum absolute atomic E-state index is 12.0. The van der Waals surface area contributed by atoms with Gasteiger partial charge in [0.05, 0.1) is 34.3 Å². The van der Waals surface area contributed by atoms with Crippen LogP contribution in [0.3, 0.4) is 0 Å². The summed E-state index contributed by atoms with van der Waals surface area (Å²) < 4.78 is 8.59. The van der Waals surface area contributed by atoms with Crippen LogP contribution in [0.25, 0.3) is 10.2 Å². The van der Waals surface area contributed by atoms with Crippen LogP contribution in [0, 0.1) is 0 Å². The molecule has 0 saturated carbocycles. The van der Waals surface area contributed by atoms with Gasteiger partial charge >= 0.3 is 5.97 Å². The third kappa shape index (κ3) is 5.89. The Morgan fingerprint density at radius 3 is 2.57 bits per heavy atom. The van der Waals surface area contributed by atoms with E-state index in [1.807, 2.05) is 44.7 Å². The number of hydrogen-bond donors (Lipinski definition) is 1. The lowest BCUT2D eigenvalue weighted by atomic mass is 9.96. The van der Waals surface area contributed by atoms with Crippen LogP contribution in [0.2, 0.25) is 0 Å². The van der Waals surface area contributed by atoms with Crippen molar-refractivity contribution in [3.8, 4) is 0 Å². The second kappa shape index (κ2) is 11.0. The van der Waals surface area contributed by atoms with Crippen LogP contribution in [0.4, 0.5) is 5.13 Å². The average molecular weight is 492 g/mol. The predicted molar refractivity (Wildman–Crippen MR) is 142 cm³/mol. The Morgan fingerprint density at radius 1 is 1.17 bits per heavy atom. The SMILES string of the molecule is CCC(C(c1ccc2nc(NCc3ccc(C(=O)OC(C)C)cc3)sc2c1)n1ccnc1)N(C)C. The highest BCUT2D eigenvalue weighted by Crippen LogP contribution is 2.33. The number of imidazole rings is 1. The number of likely N-dealkylation sites (N-methyl/N-ethyl adjacent to an activating group) is 1. The van der Waals surface area contributed by atoms with Crippen molar-refractivity contribution in [2.75, 3.05) is 19.4 Å². The first-order chi connectivity index (χ1) is 16.9. The number of fused-ring (bicyclic) bond motifs is 1. The van der Waals surface area contributed by atoms with Gasteiger partial charge < -0.3 is 19.5 Å². The maximum Gasteiger partial charge on any atom is 0.338 e. The number of nitrogens with zero attached hydrogens (tertiary/aromatic N) is 4. The lowest BCUT2D eigenvalue weighted by Crippen LogP contribution is -2.36. The Bertz CT molecular complexity index is 1250. The Hall–Kier alpha value is -3.23. The molecule has 7 nitrogen and oxygen atoms in total. The monoisotopic (exact) mass is 491 g/mol. The van der Waals surface area contributed by atoms with E-state index in [0.717, 1.165) is 27.3 Å². The molecule has 35 heavy (non-hydrogen) atoms. The van der Waals surface area contributed by atoms with E-state index in [4.69, 9.17) is 9.72 Å². The van der Waals surface area contributed by atoms with Crippen molar-refractivity contribution < 1.29 is 9.53 Å². The second-order valence-electron chi connectivity index (χ2n) is 9.14. The summed E-state index contributed by atoms with van der Waals surface area (Å²) >= 11 is 1.65. The molecule has 2 unspecified atom stereocenters. The molecular weight excluding hydrogens is 458 g/mol. The zero-order valence-electron chi connectivity index (χ0n) is 20.9. The highest BCUT2D eigenvalue weighted by atomic mass is 32.1. The van der Waals surface area contributed by atoms with Gasteiger partial charge in [-0.3, -0.25) is 0 Å². The van der Waals surface area contributed by atoms with Gasteiger partial charge in [0.25, 0.3) is 0 Å². The van der Waals surface area contributed by atoms with Crippen LogP contribution in [-0.2, 0) is 11.3 Å². The van der Waals surface area contributed by atoms with E-state index < -0.39 is 0 Å². The topological polar surface area (TPSA) is 72.3 Å². The van der Waals surface area contributed by atoms with Crippen molar-refractivity contribution in [2.24, 2.45) is 0 Å². The van der Waals surface area contributed by atoms with E-state index in [9.17, 15) is 4.79 Å². The quantitative estimate of drug-likeness (QED) is 0.291. The number of esters is 1. The molecule has 2 atom stereocenters. The third-order valence-electron chi connectivity index (χ3n) is 6.02. The first-order valence-electron chi connectivity index (χ1n) is 11.9. The van der Waals surface area contributed by atoms with E-state index in [1.165, 1.54) is 5.56 Å². The third-order valence-corrected chi connectivity index (χ3v) is 7.00. The molecule has 0 aliphatic carbocycles. The van der Waals surface area contributed by atoms with Gasteiger partial charge in [-0.15, -0.1) is 0 Å². The van der Waals surface area contributed by atoms with Gasteiger partial charge in [-0.2, -0.15) is 0 Å². The fourth-order valence-corrected chi connectivity index (χ4v) is 5.23. The minimum Gasteiger partial charge on any atom is -0.459 e. The molecule has 0 radical (unpaired) electrons. The number of ether oxygens (including phenoxy) is 1. The van der Waals surface area contributed by atoms with Gasteiger partial charge in [0.2, 0.25) is 0 Å². The number of anilines is 1. The molecule has 4 aromatic rings. The van der Waals surface area contributed by atoms with Crippen molar-refractivity contribution in [2.45, 2.75) is 51.9 Å². The Morgan fingerprint density at radius 2 is 1.94 bits per heavy atom. The van der Waals surface area contributed by atoms with Gasteiger partial charge in [-0.05, 0) is 69.8 Å². The molecule has 0 saturated heterocycles. The molecule has 0 amide bonds. The van der Waals surface area contributed by atoms with E-state index in [-0.39, 0.29) is 18.1 Å². The number of aromatic nitrogens is 3. The first kappa shape index (κ1) is 24.9. The number of carbonyl (C=O) groups excluding carboxylic acids is 1. The summed E-state index contributed by atoms with van der Waals surface area (Å²) in [5.41, 5.74) is 3.86. The van der Waals surface area contributed by atoms with Gasteiger partial charge in [-0.25, -0.2) is 14.8 Å². The molecule has 2 aromatic heterocycles. The smallest absolute Gasteiger partial charge is 0.338 e. The zero-order valence-corrected chi connectivity index (χ0v) is 21.7. The Balaban J connectivity index is 1.50. The molecule has 0 aliphatic heterocycles. The van der Waals surface area contributed by atoms with Crippen LogP contribution in [0.5, 0.6) is 0 Å². The van der Waals surface area contributed by atoms with Crippen LogP contribution in [-0.4, -0.2) is 51.6 Å². The fourth-order valence-electron chi connectivity index (χ4n) is 4.32. The molecule has 0 bridgehead atoms. The Labute approximate surface area is 210 Å². The molecule has 0 spiro atoms. The molecule has 184 valence electrons. The minimum absolute atomic E-state index is 0.130. The predicted octanol–water partition coefficient (Wildman–Crippen LogP) is 5.60. The van der Waals surface area contributed by atoms with Crippen LogP contribution in [0.1, 0.15) is 54.7 Å². The molecule has 2 heterocycles. The van der Waals surface area contributed by atoms with E-state index >= 15 is 0 Å². The lowest BCUT2D eigenvalue weighted by molar-refractivity contribution is 0.0378. The largest absolute Gasteiger partial charge is 0.459 e. The van der Waals surface area contributed by atoms with E-state index in [0.29, 0.717) is 18.2 Å². The van der Waals surface area contributed by atoms with E-state index in [2.05, 4.69) is 59.0 Å². The summed E-state index contributed by atoms with van der Waals surface area (Å²) in [4.78, 5) is 23.4. The van der Waals surface area contributed by atoms with Crippen LogP contribution >= 0.6 is 11.3 Å². The zero-order chi connectivity index (χ0) is 24.9. The average Bonchev–Trinajstić information content (AvgIpc) is 3.50. The number of hydrogen-bond acceptors (Lipinski definition) is 7. The molecule has 4 rings (SSSR count). The van der Waals surface area contributed by atoms with Gasteiger partial charge in [0, 0.05) is 25.0 Å². The number of thiazole rings is 1. The summed E-state index contributed by atoms with van der Waals surface area (Å²) in [7, 11) is 4.26. The minimum atomic E-state index is -0.296. The highest BCUT2D eigenvalue weighted by Gasteiger charge is 2.25. The first-order valence-corrected chi connectivity index (χ1v) is 12.8. The van der Waals surface area contributed by atoms with Gasteiger partial charge in [-0.1, -0.05) is 36.5 Å². The lowest BCUT2D eigenvalue weighted by Gasteiger charge is -2.33. The number of rotatable bonds is 10. The van der Waals surface area contributed by atoms with Gasteiger partial charge in [0.15, 0.2) is 5.13 Å². The van der Waals surface area contributed by atoms with Crippen molar-refractivity contribution in [3.63, 3.8) is 0 Å². The molecule has 0 fully saturated rings. The van der Waals surface area contributed by atoms with Crippen LogP contribution < -0.4 is 5.32 Å². The number of nitrogens with one attached hydrogen (secondary N) is 1. The standard InChI is InChI=1S/C27H33N5O2S/c1-6-23(31(4)5)25(32-14-13-28-17-32)21-11-12-22-24(15-21)35-27(30-22)29-16-19-7-9-20(10-8-19)26(33)34-18(2)3/h7-15,17-18,23,25H,6,16H2,1-5H3,(H,29,30). The number of carbonyl (C=O) groups is 1. The van der Waals surface area contributed by atoms with Crippen molar-refractivity contribution in [1.82, 2.24) is 19.4 Å². The van der Waals surface area contributed by atoms with E-state index in [1.54, 1.807) is 23.5 Å². The second-order valence-corrected chi connectivity index (χ2v) is 10.2. The Kier molecular flexibility index (Phi) is 7.83. The van der Waals surface area contributed by atoms with Crippen molar-refractivity contribution >= 4 is 32.7 Å². The maximum atomic E-state index is 12.0.